The number of hydrogen-bond acceptors (Lipinski definition) is 7. The summed E-state index contributed by atoms with van der Waals surface area (Å²) in [4.78, 5) is 20.4. The third-order valence-electron chi connectivity index (χ3n) is 5.36. The van der Waals surface area contributed by atoms with Crippen LogP contribution in [0.3, 0.4) is 0 Å². The summed E-state index contributed by atoms with van der Waals surface area (Å²) in [5.74, 6) is 1.61. The molecule has 3 heterocycles. The van der Waals surface area contributed by atoms with E-state index in [0.29, 0.717) is 5.65 Å². The van der Waals surface area contributed by atoms with Gasteiger partial charge in [0.25, 0.3) is 0 Å². The molecule has 0 radical (unpaired) electrons. The predicted octanol–water partition coefficient (Wildman–Crippen LogP) is 5.23. The van der Waals surface area contributed by atoms with Gasteiger partial charge in [0, 0.05) is 29.0 Å². The van der Waals surface area contributed by atoms with Gasteiger partial charge in [0.1, 0.15) is 11.2 Å². The van der Waals surface area contributed by atoms with Crippen molar-refractivity contribution in [2.24, 2.45) is 0 Å². The van der Waals surface area contributed by atoms with Gasteiger partial charge in [-0.15, -0.1) is 23.5 Å². The molecule has 0 bridgehead atoms. The zero-order chi connectivity index (χ0) is 22.8. The zero-order valence-corrected chi connectivity index (χ0v) is 19.4. The van der Waals surface area contributed by atoms with Crippen molar-refractivity contribution in [2.45, 2.75) is 23.4 Å². The first-order chi connectivity index (χ1) is 16.1. The molecule has 8 nitrogen and oxygen atoms in total. The maximum absolute atomic E-state index is 11.1. The summed E-state index contributed by atoms with van der Waals surface area (Å²) in [6.45, 7) is 2.95. The normalized spacial score (nSPS) is 11.4. The Bertz CT molecular complexity index is 1460. The van der Waals surface area contributed by atoms with Crippen LogP contribution in [0, 0.1) is 17.0 Å². The van der Waals surface area contributed by atoms with Crippen LogP contribution < -0.4 is 0 Å². The Morgan fingerprint density at radius 2 is 1.85 bits per heavy atom. The number of aromatic nitrogens is 5. The molecule has 0 aliphatic rings. The molecule has 0 spiro atoms. The van der Waals surface area contributed by atoms with Crippen molar-refractivity contribution in [2.75, 3.05) is 11.5 Å². The minimum atomic E-state index is -0.473. The largest absolute Gasteiger partial charge is 0.368 e. The van der Waals surface area contributed by atoms with Gasteiger partial charge >= 0.3 is 5.82 Å². The van der Waals surface area contributed by atoms with Gasteiger partial charge in [0.2, 0.25) is 5.65 Å². The van der Waals surface area contributed by atoms with Crippen molar-refractivity contribution in [3.63, 3.8) is 0 Å². The van der Waals surface area contributed by atoms with E-state index in [0.717, 1.165) is 34.1 Å². The van der Waals surface area contributed by atoms with Crippen LogP contribution in [0.25, 0.3) is 16.7 Å². The molecule has 0 atom stereocenters. The third-order valence-corrected chi connectivity index (χ3v) is 7.70. The summed E-state index contributed by atoms with van der Waals surface area (Å²) in [7, 11) is 0. The van der Waals surface area contributed by atoms with Crippen molar-refractivity contribution in [1.82, 2.24) is 24.1 Å². The number of nitrogens with zero attached hydrogens (tertiary/aromatic N) is 6. The second-order valence-corrected chi connectivity index (χ2v) is 9.67. The number of imidazole rings is 2. The number of rotatable bonds is 8. The van der Waals surface area contributed by atoms with Gasteiger partial charge in [-0.25, -0.2) is 9.97 Å². The first kappa shape index (κ1) is 21.5. The molecule has 166 valence electrons. The Morgan fingerprint density at radius 1 is 1.00 bits per heavy atom. The molecule has 0 saturated heterocycles. The molecule has 0 aliphatic carbocycles. The summed E-state index contributed by atoms with van der Waals surface area (Å²) in [6.07, 6.45) is 3.13. The van der Waals surface area contributed by atoms with E-state index >= 15 is 0 Å². The lowest BCUT2D eigenvalue weighted by atomic mass is 10.1. The van der Waals surface area contributed by atoms with Crippen molar-refractivity contribution >= 4 is 46.0 Å². The molecular weight excluding hydrogens is 456 g/mol. The predicted molar refractivity (Wildman–Crippen MR) is 131 cm³/mol. The van der Waals surface area contributed by atoms with E-state index in [2.05, 4.69) is 50.8 Å². The fraction of sp³-hybridized carbons (Fsp3) is 0.174. The summed E-state index contributed by atoms with van der Waals surface area (Å²) >= 11 is 3.39. The molecule has 0 aliphatic heterocycles. The molecule has 0 unspecified atom stereocenters. The first-order valence-corrected chi connectivity index (χ1v) is 12.3. The zero-order valence-electron chi connectivity index (χ0n) is 17.8. The number of nitro groups is 1. The minimum Gasteiger partial charge on any atom is -0.358 e. The SMILES string of the molecule is Cc1c(Cn2cnc3ccccc32)cccc1SCCSc1ccc2ncc([N+](=O)[O-])n2n1. The van der Waals surface area contributed by atoms with Crippen molar-refractivity contribution in [1.29, 1.82) is 0 Å². The lowest BCUT2D eigenvalue weighted by molar-refractivity contribution is -0.391. The molecule has 33 heavy (non-hydrogen) atoms. The van der Waals surface area contributed by atoms with Crippen LogP contribution in [-0.2, 0) is 6.54 Å². The van der Waals surface area contributed by atoms with Crippen molar-refractivity contribution in [3.8, 4) is 0 Å². The second-order valence-electron chi connectivity index (χ2n) is 7.41. The van der Waals surface area contributed by atoms with Gasteiger partial charge in [-0.1, -0.05) is 33.9 Å². The van der Waals surface area contributed by atoms with E-state index in [4.69, 9.17) is 0 Å². The highest BCUT2D eigenvalue weighted by atomic mass is 32.2. The van der Waals surface area contributed by atoms with E-state index in [1.54, 1.807) is 17.8 Å². The van der Waals surface area contributed by atoms with Gasteiger partial charge in [-0.2, -0.15) is 0 Å². The summed E-state index contributed by atoms with van der Waals surface area (Å²) in [5.41, 5.74) is 5.16. The molecule has 0 N–H and O–H groups in total. The molecule has 0 saturated carbocycles. The van der Waals surface area contributed by atoms with E-state index in [9.17, 15) is 10.1 Å². The quantitative estimate of drug-likeness (QED) is 0.131. The number of thioether (sulfide) groups is 2. The molecule has 2 aromatic carbocycles. The molecule has 10 heteroatoms. The fourth-order valence-corrected chi connectivity index (χ4v) is 5.57. The molecule has 0 fully saturated rings. The van der Waals surface area contributed by atoms with E-state index in [1.165, 1.54) is 26.7 Å². The Labute approximate surface area is 198 Å². The third kappa shape index (κ3) is 4.44. The lowest BCUT2D eigenvalue weighted by Crippen LogP contribution is -2.01. The van der Waals surface area contributed by atoms with Crippen LogP contribution in [0.2, 0.25) is 0 Å². The van der Waals surface area contributed by atoms with Gasteiger partial charge in [-0.3, -0.25) is 0 Å². The monoisotopic (exact) mass is 476 g/mol. The molecule has 5 rings (SSSR count). The first-order valence-electron chi connectivity index (χ1n) is 10.3. The minimum absolute atomic E-state index is 0.125. The van der Waals surface area contributed by atoms with Crippen LogP contribution in [0.5, 0.6) is 0 Å². The number of fused-ring (bicyclic) bond motifs is 2. The fourth-order valence-electron chi connectivity index (χ4n) is 3.65. The second kappa shape index (κ2) is 9.24. The average molecular weight is 477 g/mol. The summed E-state index contributed by atoms with van der Waals surface area (Å²) in [5, 5.41) is 16.2. The van der Waals surface area contributed by atoms with Crippen molar-refractivity contribution < 1.29 is 4.92 Å². The van der Waals surface area contributed by atoms with Gasteiger partial charge in [-0.05, 0) is 47.2 Å². The highest BCUT2D eigenvalue weighted by Crippen LogP contribution is 2.28. The molecule has 3 aromatic heterocycles. The number of para-hydroxylation sites is 2. The Balaban J connectivity index is 1.23. The summed E-state index contributed by atoms with van der Waals surface area (Å²) in [6, 6.07) is 18.2. The van der Waals surface area contributed by atoms with E-state index in [1.807, 2.05) is 42.4 Å². The maximum atomic E-state index is 11.1. The van der Waals surface area contributed by atoms with Crippen molar-refractivity contribution in [3.05, 3.63) is 88.4 Å². The van der Waals surface area contributed by atoms with Gasteiger partial charge in [0.05, 0.1) is 17.4 Å². The molecular formula is C23H20N6O2S2. The number of hydrogen-bond donors (Lipinski definition) is 0. The Hall–Kier alpha value is -3.37. The topological polar surface area (TPSA) is 91.1 Å². The average Bonchev–Trinajstić information content (AvgIpc) is 3.43. The van der Waals surface area contributed by atoms with Gasteiger partial charge < -0.3 is 14.7 Å². The highest BCUT2D eigenvalue weighted by Gasteiger charge is 2.16. The summed E-state index contributed by atoms with van der Waals surface area (Å²) < 4.78 is 3.46. The van der Waals surface area contributed by atoms with Crippen LogP contribution >= 0.6 is 23.5 Å². The van der Waals surface area contributed by atoms with E-state index in [-0.39, 0.29) is 5.82 Å². The van der Waals surface area contributed by atoms with Crippen LogP contribution in [0.15, 0.2) is 77.0 Å². The Kier molecular flexibility index (Phi) is 6.01. The molecule has 0 amide bonds. The number of benzene rings is 2. The molecule has 5 aromatic rings. The van der Waals surface area contributed by atoms with Crippen LogP contribution in [-0.4, -0.2) is 40.6 Å². The standard InChI is InChI=1S/C23H20N6O2S2/c1-16-17(14-27-15-25-18-6-2-3-7-19(18)27)5-4-8-20(16)32-11-12-33-22-10-9-21-24-13-23(29(30)31)28(21)26-22/h2-10,13,15H,11-12,14H2,1H3. The van der Waals surface area contributed by atoms with Crippen LogP contribution in [0.4, 0.5) is 5.82 Å². The smallest absolute Gasteiger partial charge is 0.358 e. The lowest BCUT2D eigenvalue weighted by Gasteiger charge is -2.12. The maximum Gasteiger partial charge on any atom is 0.368 e. The Morgan fingerprint density at radius 3 is 2.73 bits per heavy atom. The van der Waals surface area contributed by atoms with E-state index < -0.39 is 4.92 Å². The van der Waals surface area contributed by atoms with Crippen LogP contribution in [0.1, 0.15) is 11.1 Å². The van der Waals surface area contributed by atoms with Gasteiger partial charge in [0.15, 0.2) is 0 Å². The highest BCUT2D eigenvalue weighted by molar-refractivity contribution is 8.03.